The zero-order chi connectivity index (χ0) is 17.4. The Morgan fingerprint density at radius 1 is 1.20 bits per heavy atom. The van der Waals surface area contributed by atoms with Crippen molar-refractivity contribution in [3.05, 3.63) is 41.9 Å². The molecule has 0 bridgehead atoms. The standard InChI is InChI=1S/C18H19N3O4/c1-12-13(5-9-24-12)18(23)19-11-16(22)21-7-6-20-8-10-25-15-4-2-3-14(21)17(15)20/h2-5,9H,6-8,10-11H2,1H3,(H,19,23). The van der Waals surface area contributed by atoms with E-state index in [0.29, 0.717) is 24.5 Å². The molecule has 2 amide bonds. The van der Waals surface area contributed by atoms with Crippen LogP contribution in [0.4, 0.5) is 11.4 Å². The first-order chi connectivity index (χ1) is 12.1. The Balaban J connectivity index is 1.50. The van der Waals surface area contributed by atoms with Crippen molar-refractivity contribution in [2.75, 3.05) is 42.6 Å². The minimum Gasteiger partial charge on any atom is -0.489 e. The Hall–Kier alpha value is -2.96. The largest absolute Gasteiger partial charge is 0.489 e. The number of furan rings is 1. The average Bonchev–Trinajstić information content (AvgIpc) is 3.06. The minimum absolute atomic E-state index is 0.0615. The number of ether oxygens (including phenoxy) is 1. The van der Waals surface area contributed by atoms with E-state index in [1.54, 1.807) is 17.9 Å². The number of benzene rings is 1. The SMILES string of the molecule is Cc1occc1C(=O)NCC(=O)N1CCN2CCOc3cccc1c32. The number of carbonyl (C=O) groups is 2. The van der Waals surface area contributed by atoms with E-state index < -0.39 is 0 Å². The molecular formula is C18H19N3O4. The fourth-order valence-corrected chi connectivity index (χ4v) is 3.33. The molecule has 0 radical (unpaired) electrons. The highest BCUT2D eigenvalue weighted by Crippen LogP contribution is 2.42. The topological polar surface area (TPSA) is 75.0 Å². The number of para-hydroxylation sites is 1. The second-order valence-corrected chi connectivity index (χ2v) is 6.08. The first-order valence-electron chi connectivity index (χ1n) is 8.28. The van der Waals surface area contributed by atoms with Gasteiger partial charge in [-0.2, -0.15) is 0 Å². The van der Waals surface area contributed by atoms with Crippen LogP contribution < -0.4 is 19.9 Å². The van der Waals surface area contributed by atoms with Crippen LogP contribution in [0.15, 0.2) is 34.9 Å². The smallest absolute Gasteiger partial charge is 0.255 e. The molecule has 0 aliphatic carbocycles. The molecule has 25 heavy (non-hydrogen) atoms. The number of hydrogen-bond donors (Lipinski definition) is 1. The predicted octanol–water partition coefficient (Wildman–Crippen LogP) is 1.56. The molecule has 130 valence electrons. The maximum atomic E-state index is 12.7. The summed E-state index contributed by atoms with van der Waals surface area (Å²) < 4.78 is 10.8. The molecule has 3 heterocycles. The molecule has 7 heteroatoms. The molecule has 0 saturated carbocycles. The molecular weight excluding hydrogens is 322 g/mol. The van der Waals surface area contributed by atoms with Gasteiger partial charge in [-0.05, 0) is 25.1 Å². The van der Waals surface area contributed by atoms with Crippen molar-refractivity contribution in [2.45, 2.75) is 6.92 Å². The molecule has 1 N–H and O–H groups in total. The summed E-state index contributed by atoms with van der Waals surface area (Å²) in [5.74, 6) is 0.886. The Morgan fingerprint density at radius 3 is 2.88 bits per heavy atom. The number of anilines is 2. The van der Waals surface area contributed by atoms with Crippen LogP contribution in [0.1, 0.15) is 16.1 Å². The Bertz CT molecular complexity index is 829. The van der Waals surface area contributed by atoms with Gasteiger partial charge < -0.3 is 24.3 Å². The lowest BCUT2D eigenvalue weighted by atomic mass is 10.1. The van der Waals surface area contributed by atoms with Crippen molar-refractivity contribution in [2.24, 2.45) is 0 Å². The number of nitrogens with zero attached hydrogens (tertiary/aromatic N) is 2. The molecule has 2 aromatic rings. The van der Waals surface area contributed by atoms with Crippen molar-refractivity contribution in [1.29, 1.82) is 0 Å². The van der Waals surface area contributed by atoms with Gasteiger partial charge >= 0.3 is 0 Å². The molecule has 0 saturated heterocycles. The molecule has 2 aliphatic rings. The maximum Gasteiger partial charge on any atom is 0.255 e. The summed E-state index contributed by atoms with van der Waals surface area (Å²) in [4.78, 5) is 28.8. The quantitative estimate of drug-likeness (QED) is 0.917. The summed E-state index contributed by atoms with van der Waals surface area (Å²) in [6.45, 7) is 4.48. The van der Waals surface area contributed by atoms with Crippen LogP contribution in [0.3, 0.4) is 0 Å². The van der Waals surface area contributed by atoms with Crippen LogP contribution in [-0.2, 0) is 4.79 Å². The second-order valence-electron chi connectivity index (χ2n) is 6.08. The Morgan fingerprint density at radius 2 is 2.08 bits per heavy atom. The molecule has 4 rings (SSSR count). The van der Waals surface area contributed by atoms with E-state index in [9.17, 15) is 9.59 Å². The molecule has 0 unspecified atom stereocenters. The van der Waals surface area contributed by atoms with Crippen LogP contribution in [0.2, 0.25) is 0 Å². The van der Waals surface area contributed by atoms with Crippen LogP contribution in [0.5, 0.6) is 5.75 Å². The second kappa shape index (κ2) is 6.16. The van der Waals surface area contributed by atoms with Gasteiger partial charge in [0.05, 0.1) is 30.6 Å². The minimum atomic E-state index is -0.309. The van der Waals surface area contributed by atoms with Gasteiger partial charge in [0, 0.05) is 13.1 Å². The van der Waals surface area contributed by atoms with Crippen molar-refractivity contribution >= 4 is 23.2 Å². The summed E-state index contributed by atoms with van der Waals surface area (Å²) >= 11 is 0. The van der Waals surface area contributed by atoms with Gasteiger partial charge in [0.2, 0.25) is 5.91 Å². The number of nitrogens with one attached hydrogen (secondary N) is 1. The highest BCUT2D eigenvalue weighted by atomic mass is 16.5. The summed E-state index contributed by atoms with van der Waals surface area (Å²) in [6, 6.07) is 7.32. The van der Waals surface area contributed by atoms with E-state index in [0.717, 1.165) is 30.2 Å². The average molecular weight is 341 g/mol. The van der Waals surface area contributed by atoms with Gasteiger partial charge in [0.25, 0.3) is 5.91 Å². The molecule has 0 fully saturated rings. The van der Waals surface area contributed by atoms with E-state index in [4.69, 9.17) is 9.15 Å². The monoisotopic (exact) mass is 341 g/mol. The maximum absolute atomic E-state index is 12.7. The summed E-state index contributed by atoms with van der Waals surface area (Å²) in [6.07, 6.45) is 1.46. The third kappa shape index (κ3) is 2.71. The van der Waals surface area contributed by atoms with Gasteiger partial charge in [0.15, 0.2) is 0 Å². The van der Waals surface area contributed by atoms with Crippen LogP contribution in [-0.4, -0.2) is 44.6 Å². The van der Waals surface area contributed by atoms with Crippen LogP contribution in [0.25, 0.3) is 0 Å². The number of aryl methyl sites for hydroxylation is 1. The zero-order valence-electron chi connectivity index (χ0n) is 13.9. The Labute approximate surface area is 145 Å². The lowest BCUT2D eigenvalue weighted by molar-refractivity contribution is -0.117. The van der Waals surface area contributed by atoms with Gasteiger partial charge in [-0.25, -0.2) is 0 Å². The zero-order valence-corrected chi connectivity index (χ0v) is 13.9. The van der Waals surface area contributed by atoms with Crippen molar-refractivity contribution in [3.63, 3.8) is 0 Å². The molecule has 0 spiro atoms. The van der Waals surface area contributed by atoms with E-state index in [2.05, 4.69) is 10.2 Å². The fourth-order valence-electron chi connectivity index (χ4n) is 3.33. The summed E-state index contributed by atoms with van der Waals surface area (Å²) in [7, 11) is 0. The normalized spacial score (nSPS) is 15.4. The number of rotatable bonds is 3. The molecule has 1 aromatic heterocycles. The van der Waals surface area contributed by atoms with Crippen molar-refractivity contribution in [3.8, 4) is 5.75 Å². The molecule has 2 aliphatic heterocycles. The van der Waals surface area contributed by atoms with Crippen molar-refractivity contribution < 1.29 is 18.7 Å². The molecule has 0 atom stereocenters. The van der Waals surface area contributed by atoms with E-state index in [1.165, 1.54) is 6.26 Å². The van der Waals surface area contributed by atoms with Gasteiger partial charge in [0.1, 0.15) is 23.8 Å². The number of amides is 2. The third-order valence-corrected chi connectivity index (χ3v) is 4.60. The van der Waals surface area contributed by atoms with Gasteiger partial charge in [-0.1, -0.05) is 6.07 Å². The summed E-state index contributed by atoms with van der Waals surface area (Å²) in [5.41, 5.74) is 2.25. The van der Waals surface area contributed by atoms with Gasteiger partial charge in [-0.3, -0.25) is 9.59 Å². The first-order valence-corrected chi connectivity index (χ1v) is 8.28. The lowest BCUT2D eigenvalue weighted by Gasteiger charge is -2.41. The lowest BCUT2D eigenvalue weighted by Crippen LogP contribution is -2.49. The highest BCUT2D eigenvalue weighted by Gasteiger charge is 2.31. The highest BCUT2D eigenvalue weighted by molar-refractivity contribution is 6.03. The van der Waals surface area contributed by atoms with Crippen LogP contribution in [0, 0.1) is 6.92 Å². The Kier molecular flexibility index (Phi) is 3.83. The van der Waals surface area contributed by atoms with E-state index in [-0.39, 0.29) is 18.4 Å². The number of hydrogen-bond acceptors (Lipinski definition) is 5. The molecule has 1 aromatic carbocycles. The van der Waals surface area contributed by atoms with Gasteiger partial charge in [-0.15, -0.1) is 0 Å². The third-order valence-electron chi connectivity index (χ3n) is 4.60. The van der Waals surface area contributed by atoms with E-state index in [1.807, 2.05) is 18.2 Å². The fraction of sp³-hybridized carbons (Fsp3) is 0.333. The number of carbonyl (C=O) groups excluding carboxylic acids is 2. The van der Waals surface area contributed by atoms with Crippen molar-refractivity contribution in [1.82, 2.24) is 5.32 Å². The van der Waals surface area contributed by atoms with Crippen LogP contribution >= 0.6 is 0 Å². The summed E-state index contributed by atoms with van der Waals surface area (Å²) in [5, 5.41) is 2.67. The molecule has 7 nitrogen and oxygen atoms in total. The first kappa shape index (κ1) is 15.6. The van der Waals surface area contributed by atoms with E-state index >= 15 is 0 Å². The predicted molar refractivity (Wildman–Crippen MR) is 92.3 cm³/mol.